The van der Waals surface area contributed by atoms with Gasteiger partial charge in [-0.15, -0.1) is 0 Å². The zero-order chi connectivity index (χ0) is 16.9. The first-order valence-electron chi connectivity index (χ1n) is 7.91. The first-order chi connectivity index (χ1) is 11.7. The summed E-state index contributed by atoms with van der Waals surface area (Å²) in [7, 11) is 1.75. The molecule has 2 heterocycles. The Hall–Kier alpha value is -2.41. The molecule has 6 nitrogen and oxygen atoms in total. The zero-order valence-corrected chi connectivity index (χ0v) is 13.8. The summed E-state index contributed by atoms with van der Waals surface area (Å²) in [5.41, 5.74) is 1.77. The van der Waals surface area contributed by atoms with Gasteiger partial charge in [0.25, 0.3) is 0 Å². The Bertz CT molecular complexity index is 672. The van der Waals surface area contributed by atoms with Crippen LogP contribution in [0.5, 0.6) is 0 Å². The van der Waals surface area contributed by atoms with Gasteiger partial charge in [0.1, 0.15) is 23.9 Å². The standard InChI is InChI=1S/C17H21FN4O2/c1-12-10-22(17(19-2)20-9-15-7-8-23-21-15)11-16(24-12)13-3-5-14(18)6-4-13/h3-8,12,16H,9-11H2,1-2H3,(H,19,20). The van der Waals surface area contributed by atoms with E-state index >= 15 is 0 Å². The average Bonchev–Trinajstić information content (AvgIpc) is 3.09. The molecule has 1 aliphatic heterocycles. The largest absolute Gasteiger partial charge is 0.367 e. The quantitative estimate of drug-likeness (QED) is 0.690. The summed E-state index contributed by atoms with van der Waals surface area (Å²) in [4.78, 5) is 6.49. The van der Waals surface area contributed by atoms with E-state index < -0.39 is 0 Å². The lowest BCUT2D eigenvalue weighted by Gasteiger charge is -2.38. The molecule has 0 aliphatic carbocycles. The second kappa shape index (κ2) is 7.44. The summed E-state index contributed by atoms with van der Waals surface area (Å²) >= 11 is 0. The summed E-state index contributed by atoms with van der Waals surface area (Å²) in [6, 6.07) is 8.26. The normalized spacial score (nSPS) is 21.8. The fourth-order valence-electron chi connectivity index (χ4n) is 2.82. The number of ether oxygens (including phenoxy) is 1. The maximum absolute atomic E-state index is 13.1. The Morgan fingerprint density at radius 3 is 2.79 bits per heavy atom. The van der Waals surface area contributed by atoms with Gasteiger partial charge in [-0.1, -0.05) is 17.3 Å². The van der Waals surface area contributed by atoms with E-state index in [0.29, 0.717) is 13.1 Å². The first-order valence-corrected chi connectivity index (χ1v) is 7.91. The predicted octanol–water partition coefficient (Wildman–Crippen LogP) is 2.35. The summed E-state index contributed by atoms with van der Waals surface area (Å²) in [6.07, 6.45) is 1.46. The van der Waals surface area contributed by atoms with Gasteiger partial charge in [-0.05, 0) is 24.6 Å². The molecular formula is C17H21FN4O2. The molecule has 3 rings (SSSR count). The molecule has 0 saturated carbocycles. The van der Waals surface area contributed by atoms with Crippen LogP contribution >= 0.6 is 0 Å². The fraction of sp³-hybridized carbons (Fsp3) is 0.412. The van der Waals surface area contributed by atoms with Crippen LogP contribution in [0.1, 0.15) is 24.3 Å². The number of hydrogen-bond acceptors (Lipinski definition) is 4. The van der Waals surface area contributed by atoms with E-state index in [1.807, 2.05) is 13.0 Å². The number of nitrogens with zero attached hydrogens (tertiary/aromatic N) is 3. The van der Waals surface area contributed by atoms with Crippen LogP contribution in [0.25, 0.3) is 0 Å². The maximum Gasteiger partial charge on any atom is 0.194 e. The molecule has 0 amide bonds. The SMILES string of the molecule is CN=C(NCc1ccon1)N1CC(C)OC(c2ccc(F)cc2)C1. The van der Waals surface area contributed by atoms with E-state index in [-0.39, 0.29) is 18.0 Å². The minimum Gasteiger partial charge on any atom is -0.367 e. The molecule has 1 saturated heterocycles. The third-order valence-corrected chi connectivity index (χ3v) is 3.93. The number of rotatable bonds is 3. The van der Waals surface area contributed by atoms with Crippen LogP contribution in [-0.4, -0.2) is 42.3 Å². The Balaban J connectivity index is 1.68. The molecule has 128 valence electrons. The molecule has 2 atom stereocenters. The summed E-state index contributed by atoms with van der Waals surface area (Å²) in [5.74, 6) is 0.532. The summed E-state index contributed by atoms with van der Waals surface area (Å²) in [5, 5.41) is 7.16. The van der Waals surface area contributed by atoms with Gasteiger partial charge in [0.2, 0.25) is 0 Å². The molecule has 1 fully saturated rings. The lowest BCUT2D eigenvalue weighted by Crippen LogP contribution is -2.50. The second-order valence-corrected chi connectivity index (χ2v) is 5.78. The highest BCUT2D eigenvalue weighted by molar-refractivity contribution is 5.80. The average molecular weight is 332 g/mol. The third-order valence-electron chi connectivity index (χ3n) is 3.93. The third kappa shape index (κ3) is 3.91. The number of hydrogen-bond donors (Lipinski definition) is 1. The van der Waals surface area contributed by atoms with E-state index in [1.54, 1.807) is 25.4 Å². The number of benzene rings is 1. The van der Waals surface area contributed by atoms with Gasteiger partial charge in [0, 0.05) is 19.7 Å². The number of aliphatic imine (C=N–C) groups is 1. The Labute approximate surface area is 140 Å². The Morgan fingerprint density at radius 2 is 2.12 bits per heavy atom. The fourth-order valence-corrected chi connectivity index (χ4v) is 2.82. The monoisotopic (exact) mass is 332 g/mol. The van der Waals surface area contributed by atoms with Gasteiger partial charge in [-0.3, -0.25) is 4.99 Å². The van der Waals surface area contributed by atoms with E-state index in [0.717, 1.165) is 23.8 Å². The molecule has 24 heavy (non-hydrogen) atoms. The molecule has 0 bridgehead atoms. The van der Waals surface area contributed by atoms with Crippen LogP contribution in [0.15, 0.2) is 46.1 Å². The Kier molecular flexibility index (Phi) is 5.10. The van der Waals surface area contributed by atoms with Crippen molar-refractivity contribution in [1.29, 1.82) is 0 Å². The van der Waals surface area contributed by atoms with Crippen molar-refractivity contribution in [3.63, 3.8) is 0 Å². The molecule has 1 aromatic heterocycles. The van der Waals surface area contributed by atoms with E-state index in [1.165, 1.54) is 12.1 Å². The van der Waals surface area contributed by atoms with Crippen molar-refractivity contribution in [2.24, 2.45) is 4.99 Å². The van der Waals surface area contributed by atoms with E-state index in [4.69, 9.17) is 9.26 Å². The molecule has 2 aromatic rings. The number of halogens is 1. The maximum atomic E-state index is 13.1. The van der Waals surface area contributed by atoms with Crippen LogP contribution < -0.4 is 5.32 Å². The van der Waals surface area contributed by atoms with Gasteiger partial charge in [-0.2, -0.15) is 0 Å². The Morgan fingerprint density at radius 1 is 1.33 bits per heavy atom. The van der Waals surface area contributed by atoms with Crippen LogP contribution in [-0.2, 0) is 11.3 Å². The zero-order valence-electron chi connectivity index (χ0n) is 13.8. The van der Waals surface area contributed by atoms with E-state index in [9.17, 15) is 4.39 Å². The van der Waals surface area contributed by atoms with Gasteiger partial charge < -0.3 is 19.5 Å². The molecule has 7 heteroatoms. The van der Waals surface area contributed by atoms with Crippen LogP contribution in [0.4, 0.5) is 4.39 Å². The first kappa shape index (κ1) is 16.4. The van der Waals surface area contributed by atoms with Crippen molar-refractivity contribution in [3.05, 3.63) is 53.7 Å². The smallest absolute Gasteiger partial charge is 0.194 e. The highest BCUT2D eigenvalue weighted by atomic mass is 19.1. The lowest BCUT2D eigenvalue weighted by molar-refractivity contribution is -0.0605. The topological polar surface area (TPSA) is 62.9 Å². The minimum absolute atomic E-state index is 0.0411. The van der Waals surface area contributed by atoms with Crippen molar-refractivity contribution in [2.75, 3.05) is 20.1 Å². The van der Waals surface area contributed by atoms with Crippen molar-refractivity contribution in [1.82, 2.24) is 15.4 Å². The highest BCUT2D eigenvalue weighted by Gasteiger charge is 2.28. The number of morpholine rings is 1. The molecule has 2 unspecified atom stereocenters. The van der Waals surface area contributed by atoms with Crippen LogP contribution in [0, 0.1) is 5.82 Å². The summed E-state index contributed by atoms with van der Waals surface area (Å²) in [6.45, 7) is 3.94. The number of aromatic nitrogens is 1. The van der Waals surface area contributed by atoms with Gasteiger partial charge >= 0.3 is 0 Å². The molecule has 1 aromatic carbocycles. The van der Waals surface area contributed by atoms with Crippen molar-refractivity contribution < 1.29 is 13.7 Å². The predicted molar refractivity (Wildman–Crippen MR) is 88.0 cm³/mol. The molecular weight excluding hydrogens is 311 g/mol. The van der Waals surface area contributed by atoms with Gasteiger partial charge in [0.15, 0.2) is 5.96 Å². The van der Waals surface area contributed by atoms with Gasteiger partial charge in [-0.25, -0.2) is 4.39 Å². The minimum atomic E-state index is -0.246. The molecule has 0 radical (unpaired) electrons. The number of guanidine groups is 1. The highest BCUT2D eigenvalue weighted by Crippen LogP contribution is 2.25. The van der Waals surface area contributed by atoms with Crippen molar-refractivity contribution in [2.45, 2.75) is 25.7 Å². The molecule has 0 spiro atoms. The molecule has 1 N–H and O–H groups in total. The second-order valence-electron chi connectivity index (χ2n) is 5.78. The van der Waals surface area contributed by atoms with E-state index in [2.05, 4.69) is 20.4 Å². The van der Waals surface area contributed by atoms with Crippen molar-refractivity contribution in [3.8, 4) is 0 Å². The molecule has 1 aliphatic rings. The van der Waals surface area contributed by atoms with Crippen LogP contribution in [0.3, 0.4) is 0 Å². The van der Waals surface area contributed by atoms with Crippen LogP contribution in [0.2, 0.25) is 0 Å². The van der Waals surface area contributed by atoms with Crippen molar-refractivity contribution >= 4 is 5.96 Å². The lowest BCUT2D eigenvalue weighted by atomic mass is 10.1. The van der Waals surface area contributed by atoms with Gasteiger partial charge in [0.05, 0.1) is 19.2 Å². The summed E-state index contributed by atoms with van der Waals surface area (Å²) < 4.78 is 24.0. The number of nitrogens with one attached hydrogen (secondary N) is 1.